The van der Waals surface area contributed by atoms with E-state index in [1.165, 1.54) is 0 Å². The van der Waals surface area contributed by atoms with Gasteiger partial charge in [-0.15, -0.1) is 0 Å². The minimum atomic E-state index is 0.0658. The lowest BCUT2D eigenvalue weighted by Gasteiger charge is -2.23. The molecule has 0 aliphatic carbocycles. The maximum absolute atomic E-state index is 12.4. The molecule has 2 unspecified atom stereocenters. The van der Waals surface area contributed by atoms with Crippen LogP contribution in [-0.4, -0.2) is 30.4 Å². The molecular weight excluding hydrogens is 283 g/mol. The molecule has 1 amide bonds. The average Bonchev–Trinajstić information content (AvgIpc) is 2.78. The van der Waals surface area contributed by atoms with Crippen molar-refractivity contribution in [3.63, 3.8) is 0 Å². The molecule has 5 heteroatoms. The molecular formula is C14H18Cl2N2O. The van der Waals surface area contributed by atoms with E-state index in [1.807, 2.05) is 13.1 Å². The summed E-state index contributed by atoms with van der Waals surface area (Å²) in [6.07, 6.45) is 0.901. The molecule has 1 aromatic carbocycles. The summed E-state index contributed by atoms with van der Waals surface area (Å²) in [5.74, 6) is 0.236. The number of benzene rings is 1. The minimum Gasteiger partial charge on any atom is -0.341 e. The van der Waals surface area contributed by atoms with Crippen LogP contribution in [0.15, 0.2) is 18.2 Å². The summed E-state index contributed by atoms with van der Waals surface area (Å²) < 4.78 is 0. The summed E-state index contributed by atoms with van der Waals surface area (Å²) >= 11 is 12.0. The second-order valence-corrected chi connectivity index (χ2v) is 5.91. The van der Waals surface area contributed by atoms with E-state index in [0.717, 1.165) is 18.5 Å². The molecule has 0 spiro atoms. The predicted molar refractivity (Wildman–Crippen MR) is 78.5 cm³/mol. The number of amides is 1. The van der Waals surface area contributed by atoms with Gasteiger partial charge in [0.1, 0.15) is 0 Å². The van der Waals surface area contributed by atoms with Gasteiger partial charge < -0.3 is 10.2 Å². The number of carbonyl (C=O) groups excluding carboxylic acids is 1. The van der Waals surface area contributed by atoms with Gasteiger partial charge in [0.15, 0.2) is 0 Å². The Labute approximate surface area is 123 Å². The third-order valence-electron chi connectivity index (χ3n) is 3.64. The third kappa shape index (κ3) is 3.41. The number of nitrogens with one attached hydrogen (secondary N) is 1. The lowest BCUT2D eigenvalue weighted by Crippen LogP contribution is -2.37. The van der Waals surface area contributed by atoms with Gasteiger partial charge in [0.25, 0.3) is 0 Å². The molecule has 1 aromatic rings. The van der Waals surface area contributed by atoms with Crippen molar-refractivity contribution in [1.29, 1.82) is 0 Å². The Morgan fingerprint density at radius 3 is 2.79 bits per heavy atom. The van der Waals surface area contributed by atoms with Crippen molar-refractivity contribution in [2.75, 3.05) is 13.6 Å². The van der Waals surface area contributed by atoms with Gasteiger partial charge in [-0.3, -0.25) is 4.79 Å². The van der Waals surface area contributed by atoms with Crippen LogP contribution in [0.2, 0.25) is 10.0 Å². The van der Waals surface area contributed by atoms with Crippen molar-refractivity contribution in [1.82, 2.24) is 10.2 Å². The van der Waals surface area contributed by atoms with Crippen LogP contribution in [0.5, 0.6) is 0 Å². The van der Waals surface area contributed by atoms with E-state index < -0.39 is 0 Å². The van der Waals surface area contributed by atoms with E-state index in [-0.39, 0.29) is 17.9 Å². The van der Waals surface area contributed by atoms with Gasteiger partial charge in [0, 0.05) is 29.7 Å². The zero-order valence-electron chi connectivity index (χ0n) is 11.1. The van der Waals surface area contributed by atoms with Crippen molar-refractivity contribution in [3.05, 3.63) is 33.8 Å². The highest BCUT2D eigenvalue weighted by Gasteiger charge is 2.31. The molecule has 1 aliphatic rings. The fraction of sp³-hybridized carbons (Fsp3) is 0.500. The Balaban J connectivity index is 2.04. The van der Waals surface area contributed by atoms with Gasteiger partial charge in [-0.2, -0.15) is 0 Å². The van der Waals surface area contributed by atoms with E-state index in [4.69, 9.17) is 23.2 Å². The normalized spacial score (nSPS) is 22.5. The predicted octanol–water partition coefficient (Wildman–Crippen LogP) is 2.95. The zero-order valence-corrected chi connectivity index (χ0v) is 12.6. The summed E-state index contributed by atoms with van der Waals surface area (Å²) in [4.78, 5) is 14.1. The van der Waals surface area contributed by atoms with Crippen LogP contribution in [0.3, 0.4) is 0 Å². The second-order valence-electron chi connectivity index (χ2n) is 5.07. The summed E-state index contributed by atoms with van der Waals surface area (Å²) in [5, 5.41) is 4.51. The molecule has 19 heavy (non-hydrogen) atoms. The van der Waals surface area contributed by atoms with Crippen LogP contribution >= 0.6 is 23.2 Å². The molecule has 2 atom stereocenters. The lowest BCUT2D eigenvalue weighted by molar-refractivity contribution is -0.134. The molecule has 0 radical (unpaired) electrons. The van der Waals surface area contributed by atoms with Crippen LogP contribution in [-0.2, 0) is 11.3 Å². The topological polar surface area (TPSA) is 32.3 Å². The summed E-state index contributed by atoms with van der Waals surface area (Å²) in [6.45, 7) is 3.48. The summed E-state index contributed by atoms with van der Waals surface area (Å²) in [6, 6.07) is 5.61. The number of rotatable bonds is 3. The van der Waals surface area contributed by atoms with Crippen LogP contribution in [0.25, 0.3) is 0 Å². The Hall–Kier alpha value is -0.770. The quantitative estimate of drug-likeness (QED) is 0.931. The summed E-state index contributed by atoms with van der Waals surface area (Å²) in [7, 11) is 1.82. The van der Waals surface area contributed by atoms with Crippen LogP contribution in [0.1, 0.15) is 18.9 Å². The standard InChI is InChI=1S/C14H18Cl2N2O/c1-9-12(5-6-17-9)14(19)18(2)8-10-3-4-11(15)7-13(10)16/h3-4,7,9,12,17H,5-6,8H2,1-2H3. The van der Waals surface area contributed by atoms with E-state index >= 15 is 0 Å². The molecule has 0 aromatic heterocycles. The molecule has 1 aliphatic heterocycles. The largest absolute Gasteiger partial charge is 0.341 e. The van der Waals surface area contributed by atoms with Crippen LogP contribution in [0.4, 0.5) is 0 Å². The average molecular weight is 301 g/mol. The van der Waals surface area contributed by atoms with Gasteiger partial charge >= 0.3 is 0 Å². The van der Waals surface area contributed by atoms with Crippen molar-refractivity contribution in [2.24, 2.45) is 5.92 Å². The zero-order chi connectivity index (χ0) is 14.0. The monoisotopic (exact) mass is 300 g/mol. The van der Waals surface area contributed by atoms with Crippen molar-refractivity contribution in [2.45, 2.75) is 25.9 Å². The van der Waals surface area contributed by atoms with Crippen LogP contribution < -0.4 is 5.32 Å². The molecule has 2 rings (SSSR count). The maximum Gasteiger partial charge on any atom is 0.227 e. The first-order chi connectivity index (χ1) is 8.99. The molecule has 1 saturated heterocycles. The van der Waals surface area contributed by atoms with Crippen LogP contribution in [0, 0.1) is 5.92 Å². The van der Waals surface area contributed by atoms with E-state index in [1.54, 1.807) is 17.0 Å². The Morgan fingerprint density at radius 1 is 1.47 bits per heavy atom. The smallest absolute Gasteiger partial charge is 0.227 e. The minimum absolute atomic E-state index is 0.0658. The van der Waals surface area contributed by atoms with Gasteiger partial charge in [-0.1, -0.05) is 29.3 Å². The highest BCUT2D eigenvalue weighted by atomic mass is 35.5. The first kappa shape index (κ1) is 14.6. The van der Waals surface area contributed by atoms with E-state index in [9.17, 15) is 4.79 Å². The molecule has 104 valence electrons. The number of hydrogen-bond acceptors (Lipinski definition) is 2. The molecule has 1 fully saturated rings. The lowest BCUT2D eigenvalue weighted by atomic mass is 10.0. The Kier molecular flexibility index (Phi) is 4.71. The molecule has 0 bridgehead atoms. The number of nitrogens with zero attached hydrogens (tertiary/aromatic N) is 1. The van der Waals surface area contributed by atoms with E-state index in [2.05, 4.69) is 12.2 Å². The number of carbonyl (C=O) groups is 1. The third-order valence-corrected chi connectivity index (χ3v) is 4.23. The molecule has 1 heterocycles. The SMILES string of the molecule is CC1NCCC1C(=O)N(C)Cc1ccc(Cl)cc1Cl. The Bertz CT molecular complexity index is 479. The maximum atomic E-state index is 12.4. The van der Waals surface area contributed by atoms with Gasteiger partial charge in [0.05, 0.1) is 5.92 Å². The molecule has 0 saturated carbocycles. The van der Waals surface area contributed by atoms with Gasteiger partial charge in [0.2, 0.25) is 5.91 Å². The van der Waals surface area contributed by atoms with Crippen molar-refractivity contribution in [3.8, 4) is 0 Å². The van der Waals surface area contributed by atoms with Crippen molar-refractivity contribution >= 4 is 29.1 Å². The van der Waals surface area contributed by atoms with Crippen molar-refractivity contribution < 1.29 is 4.79 Å². The highest BCUT2D eigenvalue weighted by Crippen LogP contribution is 2.24. The summed E-state index contributed by atoms with van der Waals surface area (Å²) in [5.41, 5.74) is 0.917. The fourth-order valence-corrected chi connectivity index (χ4v) is 2.93. The highest BCUT2D eigenvalue weighted by molar-refractivity contribution is 6.35. The molecule has 3 nitrogen and oxygen atoms in total. The first-order valence-electron chi connectivity index (χ1n) is 6.41. The second kappa shape index (κ2) is 6.12. The number of hydrogen-bond donors (Lipinski definition) is 1. The fourth-order valence-electron chi connectivity index (χ4n) is 2.46. The number of halogens is 2. The Morgan fingerprint density at radius 2 is 2.21 bits per heavy atom. The van der Waals surface area contributed by atoms with Gasteiger partial charge in [-0.05, 0) is 37.6 Å². The van der Waals surface area contributed by atoms with Gasteiger partial charge in [-0.25, -0.2) is 0 Å². The molecule has 1 N–H and O–H groups in total. The first-order valence-corrected chi connectivity index (χ1v) is 7.17. The van der Waals surface area contributed by atoms with E-state index in [0.29, 0.717) is 16.6 Å².